The molecule has 1 aliphatic heterocycles. The summed E-state index contributed by atoms with van der Waals surface area (Å²) in [4.78, 5) is 0. The molecule has 2 rings (SSSR count). The van der Waals surface area contributed by atoms with Crippen molar-refractivity contribution >= 4 is 13.2 Å². The van der Waals surface area contributed by atoms with Crippen LogP contribution in [0.1, 0.15) is 33.4 Å². The molecule has 0 atom stereocenters. The molecule has 0 bridgehead atoms. The molecule has 5 nitrogen and oxygen atoms in total. The van der Waals surface area contributed by atoms with E-state index in [1.165, 1.54) is 24.1 Å². The molecule has 0 saturated carbocycles. The Morgan fingerprint density at radius 1 is 1.35 bits per heavy atom. The lowest BCUT2D eigenvalue weighted by Crippen LogP contribution is -2.41. The van der Waals surface area contributed by atoms with Gasteiger partial charge in [0.1, 0.15) is 11.4 Å². The van der Waals surface area contributed by atoms with Crippen LogP contribution in [0, 0.1) is 0 Å². The summed E-state index contributed by atoms with van der Waals surface area (Å²) in [6.07, 6.45) is 2.86. The highest BCUT2D eigenvalue weighted by Gasteiger charge is 2.53. The van der Waals surface area contributed by atoms with E-state index in [9.17, 15) is 4.39 Å². The van der Waals surface area contributed by atoms with Crippen molar-refractivity contribution in [2.24, 2.45) is 7.05 Å². The molecule has 0 N–H and O–H groups in total. The highest BCUT2D eigenvalue weighted by molar-refractivity contribution is 6.54. The minimum Gasteiger partial charge on any atom is -0.493 e. The Labute approximate surface area is 118 Å². The Morgan fingerprint density at radius 2 is 1.90 bits per heavy atom. The van der Waals surface area contributed by atoms with Gasteiger partial charge < -0.3 is 14.0 Å². The van der Waals surface area contributed by atoms with Crippen LogP contribution in [0.25, 0.3) is 6.08 Å². The van der Waals surface area contributed by atoms with Crippen LogP contribution in [0.3, 0.4) is 0 Å². The standard InChI is InChI=1S/C13H20BFN2O3/c1-12(2)13(3,4)20-14(19-12)11(15)7-9-10(18-6)8-16-17(9)5/h7-8H,1-6H3. The minimum atomic E-state index is -1.01. The Balaban J connectivity index is 2.27. The topological polar surface area (TPSA) is 45.5 Å². The fourth-order valence-corrected chi connectivity index (χ4v) is 1.90. The average Bonchev–Trinajstić information content (AvgIpc) is 2.78. The van der Waals surface area contributed by atoms with Crippen LogP contribution in [0.2, 0.25) is 0 Å². The summed E-state index contributed by atoms with van der Waals surface area (Å²) in [5, 5.41) is 4.02. The van der Waals surface area contributed by atoms with Gasteiger partial charge in [-0.1, -0.05) is 0 Å². The van der Waals surface area contributed by atoms with E-state index in [-0.39, 0.29) is 0 Å². The fraction of sp³-hybridized carbons (Fsp3) is 0.615. The molecule has 0 spiro atoms. The summed E-state index contributed by atoms with van der Waals surface area (Å²) in [5.74, 6) is 0.499. The summed E-state index contributed by atoms with van der Waals surface area (Å²) in [7, 11) is 2.21. The SMILES string of the molecule is COc1cnn(C)c1C=C(F)B1OC(C)(C)C(C)(C)O1. The van der Waals surface area contributed by atoms with E-state index in [4.69, 9.17) is 14.0 Å². The smallest absolute Gasteiger partial charge is 0.493 e. The van der Waals surface area contributed by atoms with Gasteiger partial charge in [-0.15, -0.1) is 0 Å². The second kappa shape index (κ2) is 4.89. The first-order chi connectivity index (χ1) is 9.18. The summed E-state index contributed by atoms with van der Waals surface area (Å²) in [6, 6.07) is 0. The van der Waals surface area contributed by atoms with Crippen molar-refractivity contribution < 1.29 is 18.4 Å². The monoisotopic (exact) mass is 282 g/mol. The second-order valence-electron chi connectivity index (χ2n) is 5.84. The van der Waals surface area contributed by atoms with Crippen molar-refractivity contribution in [1.29, 1.82) is 0 Å². The lowest BCUT2D eigenvalue weighted by Gasteiger charge is -2.32. The van der Waals surface area contributed by atoms with Gasteiger partial charge in [-0.2, -0.15) is 5.10 Å². The largest absolute Gasteiger partial charge is 0.525 e. The van der Waals surface area contributed by atoms with E-state index < -0.39 is 24.0 Å². The molecule has 20 heavy (non-hydrogen) atoms. The van der Waals surface area contributed by atoms with E-state index in [2.05, 4.69) is 5.10 Å². The molecule has 1 aliphatic rings. The van der Waals surface area contributed by atoms with Crippen LogP contribution in [0.15, 0.2) is 11.9 Å². The van der Waals surface area contributed by atoms with Gasteiger partial charge in [0.2, 0.25) is 0 Å². The normalized spacial score (nSPS) is 21.4. The van der Waals surface area contributed by atoms with Crippen molar-refractivity contribution in [2.45, 2.75) is 38.9 Å². The fourth-order valence-electron chi connectivity index (χ4n) is 1.90. The molecule has 110 valence electrons. The molecule has 0 amide bonds. The Kier molecular flexibility index (Phi) is 3.68. The van der Waals surface area contributed by atoms with Crippen molar-refractivity contribution in [3.8, 4) is 5.75 Å². The van der Waals surface area contributed by atoms with E-state index in [0.29, 0.717) is 11.4 Å². The van der Waals surface area contributed by atoms with Crippen molar-refractivity contribution in [2.75, 3.05) is 7.11 Å². The summed E-state index contributed by atoms with van der Waals surface area (Å²) in [5.41, 5.74) is -1.12. The van der Waals surface area contributed by atoms with Crippen molar-refractivity contribution in [3.63, 3.8) is 0 Å². The number of aromatic nitrogens is 2. The molecular formula is C13H20BFN2O3. The third-order valence-corrected chi connectivity index (χ3v) is 3.92. The van der Waals surface area contributed by atoms with Gasteiger partial charge in [0.05, 0.1) is 24.5 Å². The molecule has 2 heterocycles. The van der Waals surface area contributed by atoms with Crippen molar-refractivity contribution in [3.05, 3.63) is 17.6 Å². The van der Waals surface area contributed by atoms with Gasteiger partial charge >= 0.3 is 7.12 Å². The molecule has 0 aromatic carbocycles. The van der Waals surface area contributed by atoms with Gasteiger partial charge in [-0.3, -0.25) is 4.68 Å². The third-order valence-electron chi connectivity index (χ3n) is 3.92. The molecule has 1 aromatic rings. The Morgan fingerprint density at radius 3 is 2.40 bits per heavy atom. The number of rotatable bonds is 3. The van der Waals surface area contributed by atoms with Crippen LogP contribution >= 0.6 is 0 Å². The summed E-state index contributed by atoms with van der Waals surface area (Å²) < 4.78 is 32.3. The van der Waals surface area contributed by atoms with Crippen LogP contribution in [-0.4, -0.2) is 35.2 Å². The summed E-state index contributed by atoms with van der Waals surface area (Å²) >= 11 is 0. The number of aryl methyl sites for hydroxylation is 1. The number of hydrogen-bond donors (Lipinski definition) is 0. The quantitative estimate of drug-likeness (QED) is 0.798. The zero-order chi connectivity index (χ0) is 15.1. The number of nitrogens with zero attached hydrogens (tertiary/aromatic N) is 2. The van der Waals surface area contributed by atoms with Crippen LogP contribution in [0.4, 0.5) is 4.39 Å². The van der Waals surface area contributed by atoms with Gasteiger partial charge in [0.25, 0.3) is 0 Å². The van der Waals surface area contributed by atoms with E-state index >= 15 is 0 Å². The van der Waals surface area contributed by atoms with Crippen molar-refractivity contribution in [1.82, 2.24) is 9.78 Å². The van der Waals surface area contributed by atoms with Crippen LogP contribution in [0.5, 0.6) is 5.75 Å². The Hall–Kier alpha value is -1.34. The lowest BCUT2D eigenvalue weighted by atomic mass is 9.87. The van der Waals surface area contributed by atoms with Gasteiger partial charge in [0, 0.05) is 7.05 Å². The van der Waals surface area contributed by atoms with Gasteiger partial charge in [-0.25, -0.2) is 4.39 Å². The van der Waals surface area contributed by atoms with Gasteiger partial charge in [-0.05, 0) is 33.8 Å². The molecule has 7 heteroatoms. The molecule has 1 saturated heterocycles. The maximum absolute atomic E-state index is 14.4. The molecule has 0 unspecified atom stereocenters. The predicted octanol–water partition coefficient (Wildman–Crippen LogP) is 2.37. The van der Waals surface area contributed by atoms with Gasteiger partial charge in [0.15, 0.2) is 5.75 Å². The minimum absolute atomic E-state index is 0.499. The van der Waals surface area contributed by atoms with E-state index in [1.807, 2.05) is 27.7 Å². The number of ether oxygens (including phenoxy) is 1. The highest BCUT2D eigenvalue weighted by Crippen LogP contribution is 2.39. The molecular weight excluding hydrogens is 262 g/mol. The third kappa shape index (κ3) is 2.47. The summed E-state index contributed by atoms with van der Waals surface area (Å²) in [6.45, 7) is 7.52. The molecule has 0 aliphatic carbocycles. The molecule has 0 radical (unpaired) electrons. The number of hydrogen-bond acceptors (Lipinski definition) is 4. The van der Waals surface area contributed by atoms with Crippen LogP contribution < -0.4 is 4.74 Å². The first-order valence-electron chi connectivity index (χ1n) is 6.46. The maximum Gasteiger partial charge on any atom is 0.525 e. The maximum atomic E-state index is 14.4. The molecule has 1 aromatic heterocycles. The van der Waals surface area contributed by atoms with E-state index in [1.54, 1.807) is 7.05 Å². The molecule has 1 fully saturated rings. The zero-order valence-corrected chi connectivity index (χ0v) is 12.7. The Bertz CT molecular complexity index is 524. The second-order valence-corrected chi connectivity index (χ2v) is 5.84. The average molecular weight is 282 g/mol. The first kappa shape index (κ1) is 15.1. The number of methoxy groups -OCH3 is 1. The highest BCUT2D eigenvalue weighted by atomic mass is 19.1. The predicted molar refractivity (Wildman–Crippen MR) is 74.9 cm³/mol. The first-order valence-corrected chi connectivity index (χ1v) is 6.46. The zero-order valence-electron chi connectivity index (χ0n) is 12.7. The number of halogens is 1. The van der Waals surface area contributed by atoms with Crippen LogP contribution in [-0.2, 0) is 16.4 Å². The lowest BCUT2D eigenvalue weighted by molar-refractivity contribution is 0.00578. The van der Waals surface area contributed by atoms with E-state index in [0.717, 1.165) is 0 Å².